The number of hydrogen-bond acceptors (Lipinski definition) is 3. The number of nitrogens with zero attached hydrogens (tertiary/aromatic N) is 1. The highest BCUT2D eigenvalue weighted by molar-refractivity contribution is 7.80. The van der Waals surface area contributed by atoms with Crippen molar-refractivity contribution in [2.45, 2.75) is 44.8 Å². The van der Waals surface area contributed by atoms with E-state index in [0.717, 1.165) is 12.6 Å². The first kappa shape index (κ1) is 14.7. The summed E-state index contributed by atoms with van der Waals surface area (Å²) in [6.45, 7) is 5.83. The summed E-state index contributed by atoms with van der Waals surface area (Å²) >= 11 is 5.23. The molecular weight excluding hydrogens is 234 g/mol. The molecule has 0 aliphatic heterocycles. The molecule has 0 saturated heterocycles. The molecule has 0 aromatic carbocycles. The molecule has 0 radical (unpaired) electrons. The second kappa shape index (κ2) is 7.13. The molecule has 1 aliphatic rings. The molecule has 0 amide bonds. The summed E-state index contributed by atoms with van der Waals surface area (Å²) in [5, 5.41) is 7.17. The Morgan fingerprint density at radius 1 is 1.47 bits per heavy atom. The van der Waals surface area contributed by atoms with E-state index < -0.39 is 0 Å². The highest BCUT2D eigenvalue weighted by atomic mass is 32.1. The fourth-order valence-corrected chi connectivity index (χ4v) is 2.08. The summed E-state index contributed by atoms with van der Waals surface area (Å²) in [4.78, 5) is 2.42. The third-order valence-corrected chi connectivity index (χ3v) is 3.43. The van der Waals surface area contributed by atoms with Gasteiger partial charge in [0.15, 0.2) is 5.11 Å². The van der Waals surface area contributed by atoms with Gasteiger partial charge in [0.1, 0.15) is 0 Å². The number of rotatable bonds is 7. The lowest BCUT2D eigenvalue weighted by Crippen LogP contribution is -2.47. The van der Waals surface area contributed by atoms with Crippen LogP contribution in [-0.4, -0.2) is 55.4 Å². The number of hydrogen-bond donors (Lipinski definition) is 2. The van der Waals surface area contributed by atoms with Crippen molar-refractivity contribution in [3.8, 4) is 0 Å². The van der Waals surface area contributed by atoms with Gasteiger partial charge < -0.3 is 15.4 Å². The standard InChI is InChI=1S/C12H25N3OS/c1-9(8-16-4)14-12(17)13-7-10(2)15(3)11-5-6-11/h9-11H,5-8H2,1-4H3,(H2,13,14,17). The molecule has 4 nitrogen and oxygen atoms in total. The second-order valence-corrected chi connectivity index (χ2v) is 5.36. The average Bonchev–Trinajstić information content (AvgIpc) is 3.08. The van der Waals surface area contributed by atoms with Crippen LogP contribution in [0.5, 0.6) is 0 Å². The third-order valence-electron chi connectivity index (χ3n) is 3.17. The monoisotopic (exact) mass is 259 g/mol. The summed E-state index contributed by atoms with van der Waals surface area (Å²) < 4.78 is 5.05. The summed E-state index contributed by atoms with van der Waals surface area (Å²) in [6.07, 6.45) is 2.68. The van der Waals surface area contributed by atoms with Gasteiger partial charge in [-0.1, -0.05) is 0 Å². The molecule has 1 saturated carbocycles. The Morgan fingerprint density at radius 3 is 2.65 bits per heavy atom. The smallest absolute Gasteiger partial charge is 0.166 e. The van der Waals surface area contributed by atoms with Crippen LogP contribution in [0, 0.1) is 0 Å². The maximum atomic E-state index is 5.23. The Morgan fingerprint density at radius 2 is 2.12 bits per heavy atom. The molecule has 100 valence electrons. The molecule has 1 aliphatic carbocycles. The topological polar surface area (TPSA) is 36.5 Å². The molecule has 0 aromatic rings. The van der Waals surface area contributed by atoms with Crippen LogP contribution in [0.25, 0.3) is 0 Å². The molecular formula is C12H25N3OS. The van der Waals surface area contributed by atoms with E-state index in [1.807, 2.05) is 0 Å². The van der Waals surface area contributed by atoms with E-state index in [1.54, 1.807) is 7.11 Å². The number of thiocarbonyl (C=S) groups is 1. The van der Waals surface area contributed by atoms with E-state index in [2.05, 4.69) is 36.4 Å². The van der Waals surface area contributed by atoms with Crippen molar-refractivity contribution in [2.75, 3.05) is 27.3 Å². The molecule has 2 unspecified atom stereocenters. The summed E-state index contributed by atoms with van der Waals surface area (Å²) in [5.41, 5.74) is 0. The van der Waals surface area contributed by atoms with Gasteiger partial charge in [0, 0.05) is 31.8 Å². The van der Waals surface area contributed by atoms with Gasteiger partial charge in [-0.05, 0) is 46.0 Å². The van der Waals surface area contributed by atoms with E-state index in [4.69, 9.17) is 17.0 Å². The Labute approximate surface area is 110 Å². The SMILES string of the molecule is COCC(C)NC(=S)NCC(C)N(C)C1CC1. The van der Waals surface area contributed by atoms with Gasteiger partial charge in [0.25, 0.3) is 0 Å². The van der Waals surface area contributed by atoms with Gasteiger partial charge in [0.2, 0.25) is 0 Å². The lowest BCUT2D eigenvalue weighted by Gasteiger charge is -2.25. The molecule has 0 spiro atoms. The predicted octanol–water partition coefficient (Wildman–Crippen LogP) is 0.968. The fraction of sp³-hybridized carbons (Fsp3) is 0.917. The minimum absolute atomic E-state index is 0.247. The zero-order chi connectivity index (χ0) is 12.8. The first-order chi connectivity index (χ1) is 8.04. The van der Waals surface area contributed by atoms with Crippen molar-refractivity contribution >= 4 is 17.3 Å². The second-order valence-electron chi connectivity index (χ2n) is 4.96. The third kappa shape index (κ3) is 5.66. The van der Waals surface area contributed by atoms with Crippen molar-refractivity contribution in [3.05, 3.63) is 0 Å². The van der Waals surface area contributed by atoms with Gasteiger partial charge in [-0.2, -0.15) is 0 Å². The van der Waals surface area contributed by atoms with Crippen LogP contribution < -0.4 is 10.6 Å². The predicted molar refractivity (Wildman–Crippen MR) is 75.3 cm³/mol. The van der Waals surface area contributed by atoms with Crippen LogP contribution in [0.1, 0.15) is 26.7 Å². The van der Waals surface area contributed by atoms with E-state index in [1.165, 1.54) is 12.8 Å². The maximum absolute atomic E-state index is 5.23. The zero-order valence-electron chi connectivity index (χ0n) is 11.3. The summed E-state index contributed by atoms with van der Waals surface area (Å²) in [7, 11) is 3.88. The quantitative estimate of drug-likeness (QED) is 0.666. The minimum Gasteiger partial charge on any atom is -0.383 e. The molecule has 0 aromatic heterocycles. The Bertz CT molecular complexity index is 246. The normalized spacial score (nSPS) is 18.9. The van der Waals surface area contributed by atoms with E-state index >= 15 is 0 Å². The molecule has 1 fully saturated rings. The van der Waals surface area contributed by atoms with Gasteiger partial charge in [0.05, 0.1) is 6.61 Å². The summed E-state index contributed by atoms with van der Waals surface area (Å²) in [5.74, 6) is 0. The maximum Gasteiger partial charge on any atom is 0.166 e. The van der Waals surface area contributed by atoms with Gasteiger partial charge in [-0.15, -0.1) is 0 Å². The van der Waals surface area contributed by atoms with Crippen molar-refractivity contribution in [1.82, 2.24) is 15.5 Å². The first-order valence-corrected chi connectivity index (χ1v) is 6.70. The van der Waals surface area contributed by atoms with Crippen LogP contribution in [0.3, 0.4) is 0 Å². The number of likely N-dealkylation sites (N-methyl/N-ethyl adjacent to an activating group) is 1. The van der Waals surface area contributed by atoms with Crippen molar-refractivity contribution in [1.29, 1.82) is 0 Å². The van der Waals surface area contributed by atoms with Crippen LogP contribution in [0.2, 0.25) is 0 Å². The number of methoxy groups -OCH3 is 1. The van der Waals surface area contributed by atoms with Crippen LogP contribution in [0.4, 0.5) is 0 Å². The highest BCUT2D eigenvalue weighted by Crippen LogP contribution is 2.26. The number of nitrogens with one attached hydrogen (secondary N) is 2. The highest BCUT2D eigenvalue weighted by Gasteiger charge is 2.28. The molecule has 5 heteroatoms. The molecule has 0 bridgehead atoms. The molecule has 2 atom stereocenters. The zero-order valence-corrected chi connectivity index (χ0v) is 12.1. The van der Waals surface area contributed by atoms with E-state index in [9.17, 15) is 0 Å². The lowest BCUT2D eigenvalue weighted by molar-refractivity contribution is 0.179. The van der Waals surface area contributed by atoms with Crippen LogP contribution in [-0.2, 0) is 4.74 Å². The van der Waals surface area contributed by atoms with Crippen molar-refractivity contribution in [2.24, 2.45) is 0 Å². The molecule has 1 rings (SSSR count). The van der Waals surface area contributed by atoms with Gasteiger partial charge >= 0.3 is 0 Å². The van der Waals surface area contributed by atoms with E-state index in [0.29, 0.717) is 17.8 Å². The Kier molecular flexibility index (Phi) is 6.16. The van der Waals surface area contributed by atoms with Gasteiger partial charge in [-0.25, -0.2) is 0 Å². The molecule has 0 heterocycles. The minimum atomic E-state index is 0.247. The summed E-state index contributed by atoms with van der Waals surface area (Å²) in [6, 6.07) is 1.55. The van der Waals surface area contributed by atoms with Crippen molar-refractivity contribution in [3.63, 3.8) is 0 Å². The first-order valence-electron chi connectivity index (χ1n) is 6.29. The van der Waals surface area contributed by atoms with Gasteiger partial charge in [-0.3, -0.25) is 4.90 Å². The Hall–Kier alpha value is -0.390. The number of ether oxygens (including phenoxy) is 1. The average molecular weight is 259 g/mol. The van der Waals surface area contributed by atoms with Crippen LogP contribution in [0.15, 0.2) is 0 Å². The molecule has 2 N–H and O–H groups in total. The molecule has 17 heavy (non-hydrogen) atoms. The van der Waals surface area contributed by atoms with E-state index in [-0.39, 0.29) is 6.04 Å². The van der Waals surface area contributed by atoms with Crippen LogP contribution >= 0.6 is 12.2 Å². The van der Waals surface area contributed by atoms with Crippen molar-refractivity contribution < 1.29 is 4.74 Å². The largest absolute Gasteiger partial charge is 0.383 e. The Balaban J connectivity index is 2.13. The fourth-order valence-electron chi connectivity index (χ4n) is 1.79. The lowest BCUT2D eigenvalue weighted by atomic mass is 10.3.